The standard InChI is InChI=1S/C7H11NO2/c1-6(4-10-8)7-2-3-9-5-7/h2-3,5-6H,4,8H2,1H3. The van der Waals surface area contributed by atoms with Gasteiger partial charge in [0.2, 0.25) is 0 Å². The zero-order chi connectivity index (χ0) is 7.40. The van der Waals surface area contributed by atoms with E-state index < -0.39 is 0 Å². The Kier molecular flexibility index (Phi) is 2.48. The second-order valence-electron chi connectivity index (χ2n) is 2.29. The van der Waals surface area contributed by atoms with Crippen LogP contribution in [-0.4, -0.2) is 6.61 Å². The van der Waals surface area contributed by atoms with Crippen LogP contribution in [0.2, 0.25) is 0 Å². The van der Waals surface area contributed by atoms with Crippen LogP contribution < -0.4 is 5.90 Å². The van der Waals surface area contributed by atoms with Crippen LogP contribution in [0.1, 0.15) is 18.4 Å². The molecule has 0 bridgehead atoms. The van der Waals surface area contributed by atoms with Crippen molar-refractivity contribution in [3.63, 3.8) is 0 Å². The van der Waals surface area contributed by atoms with E-state index in [4.69, 9.17) is 10.3 Å². The van der Waals surface area contributed by atoms with E-state index in [1.807, 2.05) is 13.0 Å². The van der Waals surface area contributed by atoms with Gasteiger partial charge < -0.3 is 9.25 Å². The Morgan fingerprint density at radius 1 is 1.80 bits per heavy atom. The van der Waals surface area contributed by atoms with E-state index in [1.54, 1.807) is 12.5 Å². The minimum atomic E-state index is 0.309. The van der Waals surface area contributed by atoms with Gasteiger partial charge in [0.25, 0.3) is 0 Å². The highest BCUT2D eigenvalue weighted by Crippen LogP contribution is 2.14. The van der Waals surface area contributed by atoms with Gasteiger partial charge in [-0.1, -0.05) is 6.92 Å². The van der Waals surface area contributed by atoms with Crippen LogP contribution >= 0.6 is 0 Å². The number of nitrogens with two attached hydrogens (primary N) is 1. The van der Waals surface area contributed by atoms with Crippen molar-refractivity contribution >= 4 is 0 Å². The van der Waals surface area contributed by atoms with E-state index >= 15 is 0 Å². The smallest absolute Gasteiger partial charge is 0.0938 e. The first-order valence-corrected chi connectivity index (χ1v) is 3.18. The molecular weight excluding hydrogens is 130 g/mol. The molecule has 1 heterocycles. The lowest BCUT2D eigenvalue weighted by Gasteiger charge is -2.04. The SMILES string of the molecule is CC(CON)c1ccoc1. The number of hydrogen-bond acceptors (Lipinski definition) is 3. The molecule has 0 amide bonds. The maximum Gasteiger partial charge on any atom is 0.0938 e. The maximum absolute atomic E-state index is 4.90. The van der Waals surface area contributed by atoms with Crippen LogP contribution in [0, 0.1) is 0 Å². The predicted molar refractivity (Wildman–Crippen MR) is 37.3 cm³/mol. The Hall–Kier alpha value is -0.800. The summed E-state index contributed by atoms with van der Waals surface area (Å²) < 4.78 is 4.89. The van der Waals surface area contributed by atoms with E-state index in [2.05, 4.69) is 4.84 Å². The summed E-state index contributed by atoms with van der Waals surface area (Å²) in [6.45, 7) is 2.55. The molecule has 1 aromatic rings. The highest BCUT2D eigenvalue weighted by molar-refractivity contribution is 5.10. The monoisotopic (exact) mass is 141 g/mol. The van der Waals surface area contributed by atoms with Crippen LogP contribution in [-0.2, 0) is 4.84 Å². The van der Waals surface area contributed by atoms with E-state index in [9.17, 15) is 0 Å². The average molecular weight is 141 g/mol. The molecule has 0 saturated heterocycles. The molecule has 0 fully saturated rings. The highest BCUT2D eigenvalue weighted by atomic mass is 16.6. The van der Waals surface area contributed by atoms with Gasteiger partial charge in [-0.2, -0.15) is 0 Å². The third kappa shape index (κ3) is 1.59. The Balaban J connectivity index is 2.50. The molecule has 3 heteroatoms. The summed E-state index contributed by atoms with van der Waals surface area (Å²) in [6, 6.07) is 1.91. The predicted octanol–water partition coefficient (Wildman–Crippen LogP) is 1.27. The van der Waals surface area contributed by atoms with Gasteiger partial charge in [-0.25, -0.2) is 5.90 Å². The van der Waals surface area contributed by atoms with Crippen molar-refractivity contribution < 1.29 is 9.25 Å². The first-order chi connectivity index (χ1) is 4.84. The van der Waals surface area contributed by atoms with Crippen LogP contribution in [0.15, 0.2) is 23.0 Å². The zero-order valence-corrected chi connectivity index (χ0v) is 5.91. The Bertz CT molecular complexity index is 172. The molecule has 3 nitrogen and oxygen atoms in total. The fraction of sp³-hybridized carbons (Fsp3) is 0.429. The fourth-order valence-corrected chi connectivity index (χ4v) is 0.796. The van der Waals surface area contributed by atoms with E-state index in [0.29, 0.717) is 12.5 Å². The van der Waals surface area contributed by atoms with Crippen LogP contribution in [0.3, 0.4) is 0 Å². The third-order valence-electron chi connectivity index (χ3n) is 1.46. The maximum atomic E-state index is 4.90. The van der Waals surface area contributed by atoms with Gasteiger partial charge in [0, 0.05) is 5.92 Å². The van der Waals surface area contributed by atoms with Gasteiger partial charge in [0.05, 0.1) is 19.1 Å². The molecule has 0 aliphatic carbocycles. The Labute approximate surface area is 59.7 Å². The summed E-state index contributed by atoms with van der Waals surface area (Å²) in [5.41, 5.74) is 1.12. The molecule has 0 aliphatic heterocycles. The molecule has 10 heavy (non-hydrogen) atoms. The summed E-state index contributed by atoms with van der Waals surface area (Å²) in [5.74, 6) is 5.21. The molecule has 1 rings (SSSR count). The first kappa shape index (κ1) is 7.31. The summed E-state index contributed by atoms with van der Waals surface area (Å²) >= 11 is 0. The molecule has 1 aromatic heterocycles. The van der Waals surface area contributed by atoms with Crippen molar-refractivity contribution in [3.05, 3.63) is 24.2 Å². The van der Waals surface area contributed by atoms with Gasteiger partial charge in [0.15, 0.2) is 0 Å². The quantitative estimate of drug-likeness (QED) is 0.645. The van der Waals surface area contributed by atoms with Crippen molar-refractivity contribution in [2.45, 2.75) is 12.8 Å². The Morgan fingerprint density at radius 2 is 2.60 bits per heavy atom. The minimum Gasteiger partial charge on any atom is -0.472 e. The zero-order valence-electron chi connectivity index (χ0n) is 5.91. The van der Waals surface area contributed by atoms with E-state index in [1.165, 1.54) is 0 Å². The van der Waals surface area contributed by atoms with Crippen molar-refractivity contribution in [2.24, 2.45) is 5.90 Å². The van der Waals surface area contributed by atoms with Crippen molar-refractivity contribution in [2.75, 3.05) is 6.61 Å². The second-order valence-corrected chi connectivity index (χ2v) is 2.29. The summed E-state index contributed by atoms with van der Waals surface area (Å²) in [4.78, 5) is 4.49. The highest BCUT2D eigenvalue weighted by Gasteiger charge is 2.04. The van der Waals surface area contributed by atoms with Crippen molar-refractivity contribution in [1.29, 1.82) is 0 Å². The number of hydrogen-bond donors (Lipinski definition) is 1. The van der Waals surface area contributed by atoms with Gasteiger partial charge >= 0.3 is 0 Å². The summed E-state index contributed by atoms with van der Waals surface area (Å²) in [6.07, 6.45) is 3.34. The molecule has 1 atom stereocenters. The topological polar surface area (TPSA) is 48.4 Å². The lowest BCUT2D eigenvalue weighted by atomic mass is 10.1. The average Bonchev–Trinajstić information content (AvgIpc) is 2.38. The fourth-order valence-electron chi connectivity index (χ4n) is 0.796. The second kappa shape index (κ2) is 3.39. The van der Waals surface area contributed by atoms with E-state index in [-0.39, 0.29) is 0 Å². The molecule has 0 spiro atoms. The van der Waals surface area contributed by atoms with Crippen molar-refractivity contribution in [1.82, 2.24) is 0 Å². The summed E-state index contributed by atoms with van der Waals surface area (Å²) in [5, 5.41) is 0. The molecule has 0 radical (unpaired) electrons. The molecule has 1 unspecified atom stereocenters. The molecular formula is C7H11NO2. The molecule has 0 aliphatic rings. The minimum absolute atomic E-state index is 0.309. The Morgan fingerprint density at radius 3 is 3.10 bits per heavy atom. The molecule has 2 N–H and O–H groups in total. The van der Waals surface area contributed by atoms with Gasteiger partial charge in [-0.15, -0.1) is 0 Å². The lowest BCUT2D eigenvalue weighted by molar-refractivity contribution is 0.126. The largest absolute Gasteiger partial charge is 0.472 e. The van der Waals surface area contributed by atoms with Crippen LogP contribution in [0.5, 0.6) is 0 Å². The van der Waals surface area contributed by atoms with Gasteiger partial charge in [0.1, 0.15) is 0 Å². The molecule has 0 aromatic carbocycles. The number of furan rings is 1. The first-order valence-electron chi connectivity index (χ1n) is 3.18. The van der Waals surface area contributed by atoms with Gasteiger partial charge in [-0.3, -0.25) is 0 Å². The van der Waals surface area contributed by atoms with E-state index in [0.717, 1.165) is 5.56 Å². The van der Waals surface area contributed by atoms with Crippen LogP contribution in [0.4, 0.5) is 0 Å². The molecule has 56 valence electrons. The lowest BCUT2D eigenvalue weighted by Crippen LogP contribution is -2.07. The summed E-state index contributed by atoms with van der Waals surface area (Å²) in [7, 11) is 0. The number of rotatable bonds is 3. The van der Waals surface area contributed by atoms with Gasteiger partial charge in [-0.05, 0) is 11.6 Å². The third-order valence-corrected chi connectivity index (χ3v) is 1.46. The van der Waals surface area contributed by atoms with Crippen LogP contribution in [0.25, 0.3) is 0 Å². The normalized spacial score (nSPS) is 13.4. The van der Waals surface area contributed by atoms with Crippen molar-refractivity contribution in [3.8, 4) is 0 Å². The molecule has 0 saturated carbocycles.